The van der Waals surface area contributed by atoms with Crippen LogP contribution in [0, 0.1) is 0 Å². The lowest BCUT2D eigenvalue weighted by Crippen LogP contribution is -1.82. The molecule has 0 unspecified atom stereocenters. The van der Waals surface area contributed by atoms with Gasteiger partial charge in [0.2, 0.25) is 0 Å². The number of fused-ring (bicyclic) bond motifs is 3. The number of hydrogen-bond donors (Lipinski definition) is 1. The summed E-state index contributed by atoms with van der Waals surface area (Å²) in [5.41, 5.74) is 8.82. The SMILES string of the molecule is Nc1cccc2c1oc1cccnc12. The van der Waals surface area contributed by atoms with Gasteiger partial charge in [-0.05, 0) is 24.3 Å². The predicted octanol–water partition coefficient (Wildman–Crippen LogP) is 2.56. The number of nitrogens with zero attached hydrogens (tertiary/aromatic N) is 1. The first-order valence-electron chi connectivity index (χ1n) is 4.38. The maximum Gasteiger partial charge on any atom is 0.159 e. The van der Waals surface area contributed by atoms with Crippen molar-refractivity contribution in [1.29, 1.82) is 0 Å². The van der Waals surface area contributed by atoms with Gasteiger partial charge in [0.25, 0.3) is 0 Å². The summed E-state index contributed by atoms with van der Waals surface area (Å²) in [4.78, 5) is 4.26. The van der Waals surface area contributed by atoms with Gasteiger partial charge < -0.3 is 10.2 Å². The zero-order valence-electron chi connectivity index (χ0n) is 7.40. The first-order chi connectivity index (χ1) is 6.86. The summed E-state index contributed by atoms with van der Waals surface area (Å²) in [6, 6.07) is 9.43. The van der Waals surface area contributed by atoms with Crippen LogP contribution < -0.4 is 5.73 Å². The van der Waals surface area contributed by atoms with Crippen molar-refractivity contribution in [2.45, 2.75) is 0 Å². The zero-order chi connectivity index (χ0) is 9.54. The number of nitrogen functional groups attached to an aromatic ring is 1. The molecule has 0 amide bonds. The molecule has 0 atom stereocenters. The van der Waals surface area contributed by atoms with E-state index in [1.807, 2.05) is 30.3 Å². The highest BCUT2D eigenvalue weighted by Gasteiger charge is 2.08. The Labute approximate surface area is 80.1 Å². The van der Waals surface area contributed by atoms with E-state index in [2.05, 4.69) is 4.98 Å². The van der Waals surface area contributed by atoms with Gasteiger partial charge in [0.1, 0.15) is 5.52 Å². The minimum absolute atomic E-state index is 0.653. The largest absolute Gasteiger partial charge is 0.452 e. The molecule has 3 rings (SSSR count). The molecule has 0 saturated heterocycles. The Morgan fingerprint density at radius 1 is 1.14 bits per heavy atom. The van der Waals surface area contributed by atoms with Crippen molar-refractivity contribution < 1.29 is 4.42 Å². The van der Waals surface area contributed by atoms with Crippen LogP contribution in [0.15, 0.2) is 40.9 Å². The third-order valence-electron chi connectivity index (χ3n) is 2.28. The molecule has 0 fully saturated rings. The fraction of sp³-hybridized carbons (Fsp3) is 0. The first kappa shape index (κ1) is 7.38. The molecule has 2 heterocycles. The molecule has 2 aromatic heterocycles. The van der Waals surface area contributed by atoms with Crippen molar-refractivity contribution in [2.75, 3.05) is 5.73 Å². The van der Waals surface area contributed by atoms with Gasteiger partial charge in [0.05, 0.1) is 5.69 Å². The maximum atomic E-state index is 5.80. The number of anilines is 1. The van der Waals surface area contributed by atoms with Crippen molar-refractivity contribution in [3.63, 3.8) is 0 Å². The van der Waals surface area contributed by atoms with E-state index in [9.17, 15) is 0 Å². The summed E-state index contributed by atoms with van der Waals surface area (Å²) in [7, 11) is 0. The van der Waals surface area contributed by atoms with Crippen LogP contribution in [0.3, 0.4) is 0 Å². The molecule has 3 heteroatoms. The van der Waals surface area contributed by atoms with E-state index < -0.39 is 0 Å². The highest BCUT2D eigenvalue weighted by Crippen LogP contribution is 2.29. The molecule has 0 spiro atoms. The lowest BCUT2D eigenvalue weighted by atomic mass is 10.2. The average Bonchev–Trinajstić information content (AvgIpc) is 2.59. The Balaban J connectivity index is 2.63. The Morgan fingerprint density at radius 2 is 2.07 bits per heavy atom. The minimum Gasteiger partial charge on any atom is -0.452 e. The van der Waals surface area contributed by atoms with E-state index in [4.69, 9.17) is 10.2 Å². The number of nitrogens with two attached hydrogens (primary N) is 1. The van der Waals surface area contributed by atoms with E-state index >= 15 is 0 Å². The van der Waals surface area contributed by atoms with Gasteiger partial charge in [-0.1, -0.05) is 6.07 Å². The fourth-order valence-electron chi connectivity index (χ4n) is 1.64. The number of rotatable bonds is 0. The van der Waals surface area contributed by atoms with Crippen molar-refractivity contribution >= 4 is 27.8 Å². The van der Waals surface area contributed by atoms with Crippen molar-refractivity contribution in [3.8, 4) is 0 Å². The smallest absolute Gasteiger partial charge is 0.159 e. The van der Waals surface area contributed by atoms with Gasteiger partial charge in [-0.3, -0.25) is 4.98 Å². The molecule has 14 heavy (non-hydrogen) atoms. The topological polar surface area (TPSA) is 52.0 Å². The number of pyridine rings is 1. The molecule has 0 aliphatic rings. The van der Waals surface area contributed by atoms with Crippen LogP contribution in [-0.4, -0.2) is 4.98 Å². The molecule has 1 aromatic carbocycles. The van der Waals surface area contributed by atoms with E-state index in [1.54, 1.807) is 6.20 Å². The summed E-state index contributed by atoms with van der Waals surface area (Å²) in [6.07, 6.45) is 1.75. The lowest BCUT2D eigenvalue weighted by molar-refractivity contribution is 0.669. The van der Waals surface area contributed by atoms with Crippen LogP contribution in [0.5, 0.6) is 0 Å². The second-order valence-electron chi connectivity index (χ2n) is 3.18. The number of aromatic nitrogens is 1. The zero-order valence-corrected chi connectivity index (χ0v) is 7.40. The number of para-hydroxylation sites is 1. The third-order valence-corrected chi connectivity index (χ3v) is 2.28. The van der Waals surface area contributed by atoms with Gasteiger partial charge in [-0.2, -0.15) is 0 Å². The van der Waals surface area contributed by atoms with Crippen LogP contribution in [-0.2, 0) is 0 Å². The molecule has 0 aliphatic heterocycles. The van der Waals surface area contributed by atoms with Gasteiger partial charge in [-0.25, -0.2) is 0 Å². The van der Waals surface area contributed by atoms with Gasteiger partial charge in [0.15, 0.2) is 11.2 Å². The Hall–Kier alpha value is -2.03. The molecule has 0 radical (unpaired) electrons. The molecule has 0 saturated carbocycles. The Bertz CT molecular complexity index is 613. The summed E-state index contributed by atoms with van der Waals surface area (Å²) in [5, 5.41) is 0.973. The summed E-state index contributed by atoms with van der Waals surface area (Å²) in [6.45, 7) is 0. The molecule has 0 aliphatic carbocycles. The normalized spacial score (nSPS) is 11.1. The average molecular weight is 184 g/mol. The Morgan fingerprint density at radius 3 is 3.00 bits per heavy atom. The number of hydrogen-bond acceptors (Lipinski definition) is 3. The number of furan rings is 1. The van der Waals surface area contributed by atoms with Gasteiger partial charge >= 0.3 is 0 Å². The molecular weight excluding hydrogens is 176 g/mol. The van der Waals surface area contributed by atoms with Crippen molar-refractivity contribution in [2.24, 2.45) is 0 Å². The van der Waals surface area contributed by atoms with E-state index in [0.29, 0.717) is 5.69 Å². The second kappa shape index (κ2) is 2.48. The summed E-state index contributed by atoms with van der Waals surface area (Å²) in [5.74, 6) is 0. The van der Waals surface area contributed by atoms with Crippen LogP contribution in [0.2, 0.25) is 0 Å². The van der Waals surface area contributed by atoms with Crippen LogP contribution in [0.1, 0.15) is 0 Å². The predicted molar refractivity (Wildman–Crippen MR) is 55.9 cm³/mol. The van der Waals surface area contributed by atoms with Gasteiger partial charge in [-0.15, -0.1) is 0 Å². The standard InChI is InChI=1S/C11H8N2O/c12-8-4-1-3-7-10-9(14-11(7)8)5-2-6-13-10/h1-6H,12H2. The first-order valence-corrected chi connectivity index (χ1v) is 4.38. The highest BCUT2D eigenvalue weighted by atomic mass is 16.3. The van der Waals surface area contributed by atoms with Crippen LogP contribution in [0.4, 0.5) is 5.69 Å². The molecular formula is C11H8N2O. The van der Waals surface area contributed by atoms with Gasteiger partial charge in [0, 0.05) is 11.6 Å². The van der Waals surface area contributed by atoms with E-state index in [1.165, 1.54) is 0 Å². The highest BCUT2D eigenvalue weighted by molar-refractivity contribution is 6.06. The summed E-state index contributed by atoms with van der Waals surface area (Å²) >= 11 is 0. The molecule has 2 N–H and O–H groups in total. The van der Waals surface area contributed by atoms with E-state index in [-0.39, 0.29) is 0 Å². The third kappa shape index (κ3) is 0.836. The quantitative estimate of drug-likeness (QED) is 0.546. The Kier molecular flexibility index (Phi) is 1.31. The molecule has 0 bridgehead atoms. The molecule has 3 nitrogen and oxygen atoms in total. The monoisotopic (exact) mass is 184 g/mol. The molecule has 68 valence electrons. The van der Waals surface area contributed by atoms with E-state index in [0.717, 1.165) is 22.1 Å². The maximum absolute atomic E-state index is 5.80. The van der Waals surface area contributed by atoms with Crippen molar-refractivity contribution in [1.82, 2.24) is 4.98 Å². The fourth-order valence-corrected chi connectivity index (χ4v) is 1.64. The molecule has 3 aromatic rings. The second-order valence-corrected chi connectivity index (χ2v) is 3.18. The van der Waals surface area contributed by atoms with Crippen molar-refractivity contribution in [3.05, 3.63) is 36.5 Å². The van der Waals surface area contributed by atoms with Crippen LogP contribution >= 0.6 is 0 Å². The minimum atomic E-state index is 0.653. The number of benzene rings is 1. The van der Waals surface area contributed by atoms with Crippen LogP contribution in [0.25, 0.3) is 22.1 Å². The summed E-state index contributed by atoms with van der Waals surface area (Å²) < 4.78 is 5.60. The lowest BCUT2D eigenvalue weighted by Gasteiger charge is -1.91.